The molecule has 0 heterocycles. The number of hydrogen-bond donors (Lipinski definition) is 0. The Morgan fingerprint density at radius 3 is 2.62 bits per heavy atom. The third-order valence-corrected chi connectivity index (χ3v) is 4.40. The lowest BCUT2D eigenvalue weighted by Gasteiger charge is -2.17. The standard InChI is InChI=1S/C16H21NO3S/c1-4-6-11-15(18)17(3)16(19)14-10-8-7-9-13(14)12-21(20)5-2/h4,7-10H,1,5-6,11-12H2,2-3H3. The highest BCUT2D eigenvalue weighted by Crippen LogP contribution is 2.14. The fourth-order valence-corrected chi connectivity index (χ4v) is 2.62. The Kier molecular flexibility index (Phi) is 7.02. The summed E-state index contributed by atoms with van der Waals surface area (Å²) in [4.78, 5) is 25.4. The molecule has 1 unspecified atom stereocenters. The Morgan fingerprint density at radius 1 is 1.33 bits per heavy atom. The molecule has 0 fully saturated rings. The Labute approximate surface area is 128 Å². The van der Waals surface area contributed by atoms with E-state index < -0.39 is 10.8 Å². The maximum atomic E-state index is 12.4. The van der Waals surface area contributed by atoms with Crippen LogP contribution in [0.3, 0.4) is 0 Å². The number of amides is 2. The zero-order valence-electron chi connectivity index (χ0n) is 12.5. The molecular formula is C16H21NO3S. The summed E-state index contributed by atoms with van der Waals surface area (Å²) >= 11 is 0. The van der Waals surface area contributed by atoms with Gasteiger partial charge in [-0.2, -0.15) is 0 Å². The summed E-state index contributed by atoms with van der Waals surface area (Å²) in [7, 11) is 0.471. The van der Waals surface area contributed by atoms with Crippen molar-refractivity contribution in [3.05, 3.63) is 48.0 Å². The van der Waals surface area contributed by atoms with E-state index in [-0.39, 0.29) is 18.2 Å². The molecule has 0 saturated carbocycles. The van der Waals surface area contributed by atoms with Gasteiger partial charge in [0.2, 0.25) is 5.91 Å². The van der Waals surface area contributed by atoms with Crippen molar-refractivity contribution in [3.63, 3.8) is 0 Å². The largest absolute Gasteiger partial charge is 0.282 e. The Balaban J connectivity index is 2.93. The highest BCUT2D eigenvalue weighted by molar-refractivity contribution is 7.84. The van der Waals surface area contributed by atoms with Crippen molar-refractivity contribution in [1.82, 2.24) is 4.90 Å². The quantitative estimate of drug-likeness (QED) is 0.727. The summed E-state index contributed by atoms with van der Waals surface area (Å²) < 4.78 is 11.7. The molecular weight excluding hydrogens is 286 g/mol. The summed E-state index contributed by atoms with van der Waals surface area (Å²) in [5, 5.41) is 0. The number of carbonyl (C=O) groups is 2. The van der Waals surface area contributed by atoms with Crippen molar-refractivity contribution in [2.24, 2.45) is 0 Å². The molecule has 0 aliphatic rings. The Morgan fingerprint density at radius 2 is 2.00 bits per heavy atom. The molecule has 0 radical (unpaired) electrons. The summed E-state index contributed by atoms with van der Waals surface area (Å²) in [5.41, 5.74) is 1.15. The average molecular weight is 307 g/mol. The van der Waals surface area contributed by atoms with Crippen LogP contribution >= 0.6 is 0 Å². The predicted molar refractivity (Wildman–Crippen MR) is 85.4 cm³/mol. The molecule has 0 aliphatic heterocycles. The number of imide groups is 1. The third kappa shape index (κ3) is 4.93. The van der Waals surface area contributed by atoms with Gasteiger partial charge in [0.25, 0.3) is 5.91 Å². The van der Waals surface area contributed by atoms with E-state index in [1.807, 2.05) is 6.92 Å². The van der Waals surface area contributed by atoms with Gasteiger partial charge in [-0.3, -0.25) is 18.7 Å². The minimum Gasteiger partial charge on any atom is -0.282 e. The first-order valence-electron chi connectivity index (χ1n) is 6.85. The molecule has 114 valence electrons. The van der Waals surface area contributed by atoms with Gasteiger partial charge in [0.15, 0.2) is 0 Å². The van der Waals surface area contributed by atoms with Crippen LogP contribution in [0.2, 0.25) is 0 Å². The van der Waals surface area contributed by atoms with Crippen LogP contribution < -0.4 is 0 Å². The molecule has 0 spiro atoms. The van der Waals surface area contributed by atoms with Gasteiger partial charge in [-0.05, 0) is 18.1 Å². The number of rotatable bonds is 7. The monoisotopic (exact) mass is 307 g/mol. The highest BCUT2D eigenvalue weighted by atomic mass is 32.2. The smallest absolute Gasteiger partial charge is 0.260 e. The Hall–Kier alpha value is -1.75. The summed E-state index contributed by atoms with van der Waals surface area (Å²) in [6.45, 7) is 5.40. The molecule has 0 aliphatic carbocycles. The summed E-state index contributed by atoms with van der Waals surface area (Å²) in [6.07, 6.45) is 2.45. The number of allylic oxidation sites excluding steroid dienone is 1. The van der Waals surface area contributed by atoms with E-state index in [0.717, 1.165) is 4.90 Å². The molecule has 1 aromatic carbocycles. The van der Waals surface area contributed by atoms with Gasteiger partial charge in [0, 0.05) is 41.3 Å². The van der Waals surface area contributed by atoms with Crippen molar-refractivity contribution in [3.8, 4) is 0 Å². The highest BCUT2D eigenvalue weighted by Gasteiger charge is 2.20. The van der Waals surface area contributed by atoms with E-state index in [1.165, 1.54) is 7.05 Å². The number of carbonyl (C=O) groups excluding carboxylic acids is 2. The molecule has 2 amide bonds. The fourth-order valence-electron chi connectivity index (χ4n) is 1.82. The lowest BCUT2D eigenvalue weighted by molar-refractivity contribution is -0.127. The van der Waals surface area contributed by atoms with Gasteiger partial charge in [-0.25, -0.2) is 0 Å². The minimum absolute atomic E-state index is 0.244. The third-order valence-electron chi connectivity index (χ3n) is 3.13. The first-order chi connectivity index (χ1) is 10.0. The summed E-state index contributed by atoms with van der Waals surface area (Å²) in [6, 6.07) is 7.00. The van der Waals surface area contributed by atoms with E-state index in [4.69, 9.17) is 0 Å². The zero-order chi connectivity index (χ0) is 15.8. The van der Waals surface area contributed by atoms with Crippen LogP contribution in [0.5, 0.6) is 0 Å². The van der Waals surface area contributed by atoms with E-state index in [0.29, 0.717) is 29.1 Å². The van der Waals surface area contributed by atoms with E-state index in [9.17, 15) is 13.8 Å². The maximum absolute atomic E-state index is 12.4. The van der Waals surface area contributed by atoms with Crippen molar-refractivity contribution in [2.75, 3.05) is 12.8 Å². The van der Waals surface area contributed by atoms with Crippen molar-refractivity contribution >= 4 is 22.6 Å². The molecule has 5 heteroatoms. The second-order valence-corrected chi connectivity index (χ2v) is 6.36. The number of nitrogens with zero attached hydrogens (tertiary/aromatic N) is 1. The normalized spacial score (nSPS) is 11.7. The topological polar surface area (TPSA) is 54.5 Å². The first kappa shape index (κ1) is 17.3. The van der Waals surface area contributed by atoms with Crippen LogP contribution in [0.15, 0.2) is 36.9 Å². The second-order valence-electron chi connectivity index (χ2n) is 4.62. The van der Waals surface area contributed by atoms with Gasteiger partial charge >= 0.3 is 0 Å². The number of hydrogen-bond acceptors (Lipinski definition) is 3. The molecule has 21 heavy (non-hydrogen) atoms. The van der Waals surface area contributed by atoms with Gasteiger partial charge in [-0.1, -0.05) is 31.2 Å². The van der Waals surface area contributed by atoms with Crippen molar-refractivity contribution < 1.29 is 13.8 Å². The molecule has 0 aromatic heterocycles. The van der Waals surface area contributed by atoms with Crippen LogP contribution in [0.1, 0.15) is 35.7 Å². The molecule has 0 bridgehead atoms. The second kappa shape index (κ2) is 8.52. The van der Waals surface area contributed by atoms with Gasteiger partial charge in [0.1, 0.15) is 0 Å². The van der Waals surface area contributed by atoms with Gasteiger partial charge < -0.3 is 0 Å². The van der Waals surface area contributed by atoms with Crippen molar-refractivity contribution in [1.29, 1.82) is 0 Å². The Bertz CT molecular complexity index is 554. The molecule has 1 aromatic rings. The minimum atomic E-state index is -1.00. The van der Waals surface area contributed by atoms with E-state index in [2.05, 4.69) is 6.58 Å². The van der Waals surface area contributed by atoms with E-state index >= 15 is 0 Å². The van der Waals surface area contributed by atoms with Gasteiger partial charge in [-0.15, -0.1) is 6.58 Å². The first-order valence-corrected chi connectivity index (χ1v) is 8.34. The average Bonchev–Trinajstić information content (AvgIpc) is 2.51. The SMILES string of the molecule is C=CCCC(=O)N(C)C(=O)c1ccccc1CS(=O)CC. The van der Waals surface area contributed by atoms with E-state index in [1.54, 1.807) is 30.3 Å². The molecule has 0 N–H and O–H groups in total. The zero-order valence-corrected chi connectivity index (χ0v) is 13.3. The lowest BCUT2D eigenvalue weighted by Crippen LogP contribution is -2.33. The fraction of sp³-hybridized carbons (Fsp3) is 0.375. The molecule has 0 saturated heterocycles. The predicted octanol–water partition coefficient (Wildman–Crippen LogP) is 2.52. The van der Waals surface area contributed by atoms with Crippen LogP contribution in [-0.2, 0) is 21.3 Å². The molecule has 1 rings (SSSR count). The van der Waals surface area contributed by atoms with Crippen LogP contribution in [0.4, 0.5) is 0 Å². The van der Waals surface area contributed by atoms with Gasteiger partial charge in [0.05, 0.1) is 0 Å². The lowest BCUT2D eigenvalue weighted by atomic mass is 10.1. The number of benzene rings is 1. The van der Waals surface area contributed by atoms with Crippen molar-refractivity contribution in [2.45, 2.75) is 25.5 Å². The molecule has 4 nitrogen and oxygen atoms in total. The summed E-state index contributed by atoms with van der Waals surface area (Å²) in [5.74, 6) is 0.267. The maximum Gasteiger partial charge on any atom is 0.260 e. The van der Waals surface area contributed by atoms with Crippen LogP contribution in [0.25, 0.3) is 0 Å². The van der Waals surface area contributed by atoms with Crippen LogP contribution in [-0.4, -0.2) is 33.7 Å². The van der Waals surface area contributed by atoms with Crippen LogP contribution in [0, 0.1) is 0 Å². The molecule has 1 atom stereocenters.